The quantitative estimate of drug-likeness (QED) is 0.186. The third-order valence-electron chi connectivity index (χ3n) is 6.45. The number of anilines is 1. The SMILES string of the molecule is CCOc1cc(F)c(Cl)cc1C(=O)NCC(C)(C)CC(=O)Nc1c(CCNCC(F)(F)F)n(C)n(-c2ccccc2)c1=O. The normalized spacial score (nSPS) is 11.8. The first-order valence-corrected chi connectivity index (χ1v) is 13.8. The Bertz CT molecular complexity index is 1500. The number of halogens is 5. The van der Waals surface area contributed by atoms with Crippen LogP contribution in [0.1, 0.15) is 43.2 Å². The van der Waals surface area contributed by atoms with Gasteiger partial charge in [0.05, 0.1) is 35.1 Å². The van der Waals surface area contributed by atoms with Crippen LogP contribution < -0.4 is 26.2 Å². The van der Waals surface area contributed by atoms with Gasteiger partial charge in [-0.15, -0.1) is 0 Å². The van der Waals surface area contributed by atoms with E-state index in [9.17, 15) is 31.9 Å². The number of rotatable bonds is 13. The van der Waals surface area contributed by atoms with Crippen molar-refractivity contribution in [1.29, 1.82) is 0 Å². The number of nitrogens with one attached hydrogen (secondary N) is 3. The van der Waals surface area contributed by atoms with E-state index in [-0.39, 0.29) is 54.6 Å². The van der Waals surface area contributed by atoms with Gasteiger partial charge in [-0.1, -0.05) is 43.6 Å². The van der Waals surface area contributed by atoms with Gasteiger partial charge in [-0.2, -0.15) is 13.2 Å². The molecule has 0 aliphatic carbocycles. The zero-order chi connectivity index (χ0) is 31.9. The Morgan fingerprint density at radius 2 is 1.74 bits per heavy atom. The third-order valence-corrected chi connectivity index (χ3v) is 6.74. The van der Waals surface area contributed by atoms with Crippen LogP contribution in [0.2, 0.25) is 5.02 Å². The smallest absolute Gasteiger partial charge is 0.401 e. The lowest BCUT2D eigenvalue weighted by Crippen LogP contribution is -2.37. The molecule has 0 aliphatic rings. The molecule has 1 heterocycles. The number of aromatic nitrogens is 2. The van der Waals surface area contributed by atoms with Gasteiger partial charge in [0, 0.05) is 39.0 Å². The van der Waals surface area contributed by atoms with Crippen molar-refractivity contribution in [1.82, 2.24) is 20.0 Å². The first-order valence-electron chi connectivity index (χ1n) is 13.5. The van der Waals surface area contributed by atoms with E-state index in [2.05, 4.69) is 16.0 Å². The molecule has 0 spiro atoms. The standard InChI is InChI=1S/C29H34ClF4N5O4/c1-5-43-23-14-21(31)20(30)13-19(23)26(41)36-16-28(2,3)15-24(40)37-25-22(11-12-35-17-29(32,33)34)38(4)39(27(25)42)18-9-7-6-8-10-18/h6-10,13-14,35H,5,11-12,15-17H2,1-4H3,(H,36,41)(H,37,40). The molecule has 0 radical (unpaired) electrons. The summed E-state index contributed by atoms with van der Waals surface area (Å²) in [5, 5.41) is 7.41. The van der Waals surface area contributed by atoms with Crippen LogP contribution in [-0.4, -0.2) is 53.6 Å². The average molecular weight is 628 g/mol. The summed E-state index contributed by atoms with van der Waals surface area (Å²) < 4.78 is 59.9. The molecule has 2 amide bonds. The Kier molecular flexibility index (Phi) is 11.0. The highest BCUT2D eigenvalue weighted by molar-refractivity contribution is 6.31. The molecule has 43 heavy (non-hydrogen) atoms. The first kappa shape index (κ1) is 33.7. The van der Waals surface area contributed by atoms with E-state index in [4.69, 9.17) is 16.3 Å². The molecule has 3 N–H and O–H groups in total. The minimum Gasteiger partial charge on any atom is -0.493 e. The lowest BCUT2D eigenvalue weighted by molar-refractivity contribution is -0.124. The van der Waals surface area contributed by atoms with Gasteiger partial charge in [-0.3, -0.25) is 19.1 Å². The topological polar surface area (TPSA) is 106 Å². The number of para-hydroxylation sites is 1. The molecular weight excluding hydrogens is 594 g/mol. The average Bonchev–Trinajstić information content (AvgIpc) is 3.15. The second-order valence-electron chi connectivity index (χ2n) is 10.6. The minimum atomic E-state index is -4.40. The van der Waals surface area contributed by atoms with Gasteiger partial charge in [-0.05, 0) is 30.5 Å². The number of carbonyl (C=O) groups is 2. The molecular formula is C29H34ClF4N5O4. The summed E-state index contributed by atoms with van der Waals surface area (Å²) in [6, 6.07) is 10.8. The van der Waals surface area contributed by atoms with Crippen LogP contribution in [0.4, 0.5) is 23.2 Å². The third kappa shape index (κ3) is 9.07. The number of hydrogen-bond acceptors (Lipinski definition) is 5. The second kappa shape index (κ2) is 14.1. The molecule has 3 aromatic rings. The highest BCUT2D eigenvalue weighted by atomic mass is 35.5. The zero-order valence-corrected chi connectivity index (χ0v) is 25.0. The monoisotopic (exact) mass is 627 g/mol. The molecule has 0 aliphatic heterocycles. The van der Waals surface area contributed by atoms with E-state index < -0.39 is 41.3 Å². The van der Waals surface area contributed by atoms with Gasteiger partial charge in [0.1, 0.15) is 17.3 Å². The molecule has 0 atom stereocenters. The van der Waals surface area contributed by atoms with E-state index in [1.54, 1.807) is 58.2 Å². The Morgan fingerprint density at radius 1 is 1.07 bits per heavy atom. The maximum Gasteiger partial charge on any atom is 0.401 e. The predicted molar refractivity (Wildman–Crippen MR) is 156 cm³/mol. The fourth-order valence-corrected chi connectivity index (χ4v) is 4.60. The molecule has 0 unspecified atom stereocenters. The summed E-state index contributed by atoms with van der Waals surface area (Å²) in [4.78, 5) is 39.5. The van der Waals surface area contributed by atoms with Gasteiger partial charge < -0.3 is 20.7 Å². The first-order chi connectivity index (χ1) is 20.1. The summed E-state index contributed by atoms with van der Waals surface area (Å²) in [5.41, 5.74) is -0.530. The van der Waals surface area contributed by atoms with Gasteiger partial charge >= 0.3 is 6.18 Å². The molecule has 0 saturated heterocycles. The summed E-state index contributed by atoms with van der Waals surface area (Å²) in [6.07, 6.45) is -4.49. The van der Waals surface area contributed by atoms with Crippen LogP contribution in [0.25, 0.3) is 5.69 Å². The van der Waals surface area contributed by atoms with Crippen LogP contribution in [0.15, 0.2) is 47.3 Å². The van der Waals surface area contributed by atoms with Gasteiger partial charge in [0.15, 0.2) is 0 Å². The maximum atomic E-state index is 13.9. The van der Waals surface area contributed by atoms with Crippen molar-refractivity contribution < 1.29 is 31.9 Å². The number of nitrogens with zero attached hydrogens (tertiary/aromatic N) is 2. The van der Waals surface area contributed by atoms with Crippen molar-refractivity contribution in [3.8, 4) is 11.4 Å². The Balaban J connectivity index is 1.76. The van der Waals surface area contributed by atoms with Crippen LogP contribution in [0.5, 0.6) is 5.75 Å². The molecule has 14 heteroatoms. The van der Waals surface area contributed by atoms with Crippen molar-refractivity contribution >= 4 is 29.1 Å². The molecule has 0 saturated carbocycles. The fourth-order valence-electron chi connectivity index (χ4n) is 4.43. The number of ether oxygens (including phenoxy) is 1. The molecule has 0 bridgehead atoms. The van der Waals surface area contributed by atoms with Crippen molar-refractivity contribution in [2.75, 3.05) is 31.6 Å². The maximum absolute atomic E-state index is 13.9. The van der Waals surface area contributed by atoms with Crippen LogP contribution in [0.3, 0.4) is 0 Å². The molecule has 2 aromatic carbocycles. The molecule has 1 aromatic heterocycles. The summed E-state index contributed by atoms with van der Waals surface area (Å²) >= 11 is 5.86. The Morgan fingerprint density at radius 3 is 2.37 bits per heavy atom. The number of hydrogen-bond donors (Lipinski definition) is 3. The number of alkyl halides is 3. The van der Waals surface area contributed by atoms with Gasteiger partial charge in [0.2, 0.25) is 5.91 Å². The molecule has 234 valence electrons. The van der Waals surface area contributed by atoms with Crippen molar-refractivity contribution in [2.24, 2.45) is 12.5 Å². The van der Waals surface area contributed by atoms with Crippen molar-refractivity contribution in [3.63, 3.8) is 0 Å². The van der Waals surface area contributed by atoms with E-state index in [1.165, 1.54) is 9.36 Å². The van der Waals surface area contributed by atoms with E-state index in [1.807, 2.05) is 0 Å². The second-order valence-corrected chi connectivity index (χ2v) is 11.0. The molecule has 9 nitrogen and oxygen atoms in total. The van der Waals surface area contributed by atoms with Crippen LogP contribution >= 0.6 is 11.6 Å². The highest BCUT2D eigenvalue weighted by Gasteiger charge is 2.28. The van der Waals surface area contributed by atoms with Crippen LogP contribution in [0, 0.1) is 11.2 Å². The zero-order valence-electron chi connectivity index (χ0n) is 24.2. The Hall–Kier alpha value is -3.84. The van der Waals surface area contributed by atoms with Gasteiger partial charge in [0.25, 0.3) is 11.5 Å². The van der Waals surface area contributed by atoms with E-state index in [0.717, 1.165) is 12.1 Å². The summed E-state index contributed by atoms with van der Waals surface area (Å²) in [7, 11) is 1.58. The minimum absolute atomic E-state index is 0.0217. The van der Waals surface area contributed by atoms with Crippen LogP contribution in [-0.2, 0) is 18.3 Å². The summed E-state index contributed by atoms with van der Waals surface area (Å²) in [6.45, 7) is 4.06. The number of benzene rings is 2. The molecule has 3 rings (SSSR count). The number of carbonyl (C=O) groups excluding carboxylic acids is 2. The lowest BCUT2D eigenvalue weighted by Gasteiger charge is -2.24. The predicted octanol–water partition coefficient (Wildman–Crippen LogP) is 4.85. The fraction of sp³-hybridized carbons (Fsp3) is 0.414. The van der Waals surface area contributed by atoms with Crippen molar-refractivity contribution in [3.05, 3.63) is 74.9 Å². The van der Waals surface area contributed by atoms with E-state index in [0.29, 0.717) is 11.4 Å². The largest absolute Gasteiger partial charge is 0.493 e. The van der Waals surface area contributed by atoms with E-state index >= 15 is 0 Å². The summed E-state index contributed by atoms with van der Waals surface area (Å²) in [5.74, 6) is -1.83. The van der Waals surface area contributed by atoms with Gasteiger partial charge in [-0.25, -0.2) is 9.07 Å². The highest BCUT2D eigenvalue weighted by Crippen LogP contribution is 2.27. The number of amides is 2. The lowest BCUT2D eigenvalue weighted by atomic mass is 9.88. The Labute approximate surface area is 251 Å². The van der Waals surface area contributed by atoms with Crippen molar-refractivity contribution in [2.45, 2.75) is 39.8 Å². The molecule has 0 fully saturated rings.